The zero-order chi connectivity index (χ0) is 24.6. The third-order valence-electron chi connectivity index (χ3n) is 7.48. The number of carbonyl (C=O) groups excluding carboxylic acids is 1. The number of benzene rings is 4. The molecule has 0 amide bonds. The number of fused-ring (bicyclic) bond motifs is 5. The summed E-state index contributed by atoms with van der Waals surface area (Å²) in [5.41, 5.74) is 7.53. The van der Waals surface area contributed by atoms with Crippen LogP contribution in [0.2, 0.25) is 0 Å². The summed E-state index contributed by atoms with van der Waals surface area (Å²) in [6.07, 6.45) is 0. The van der Waals surface area contributed by atoms with Crippen molar-refractivity contribution in [2.24, 2.45) is 7.05 Å². The van der Waals surface area contributed by atoms with Gasteiger partial charge in [0.15, 0.2) is 5.78 Å². The molecule has 4 aromatic carbocycles. The molecule has 1 aliphatic rings. The second kappa shape index (κ2) is 7.43. The number of aromatic nitrogens is 2. The van der Waals surface area contributed by atoms with Crippen LogP contribution in [0.3, 0.4) is 0 Å². The van der Waals surface area contributed by atoms with Crippen molar-refractivity contribution in [1.29, 1.82) is 0 Å². The van der Waals surface area contributed by atoms with Gasteiger partial charge in [-0.15, -0.1) is 0 Å². The fraction of sp³-hybridized carbons (Fsp3) is 0.0968. The molecule has 0 bridgehead atoms. The van der Waals surface area contributed by atoms with Crippen molar-refractivity contribution in [3.63, 3.8) is 0 Å². The molecule has 6 aromatic rings. The summed E-state index contributed by atoms with van der Waals surface area (Å²) in [7, 11) is 1.75. The van der Waals surface area contributed by atoms with Gasteiger partial charge in [-0.25, -0.2) is 0 Å². The smallest absolute Gasteiger partial charge is 0.251 e. The van der Waals surface area contributed by atoms with Gasteiger partial charge in [-0.3, -0.25) is 9.59 Å². The summed E-state index contributed by atoms with van der Waals surface area (Å²) >= 11 is 0. The van der Waals surface area contributed by atoms with Gasteiger partial charge in [-0.1, -0.05) is 48.5 Å². The highest BCUT2D eigenvalue weighted by Crippen LogP contribution is 2.43. The van der Waals surface area contributed by atoms with E-state index in [1.54, 1.807) is 17.7 Å². The monoisotopic (exact) mass is 469 g/mol. The Morgan fingerprint density at radius 1 is 0.694 bits per heavy atom. The summed E-state index contributed by atoms with van der Waals surface area (Å²) in [5.74, 6) is -0.0342. The first-order chi connectivity index (χ1) is 17.6. The van der Waals surface area contributed by atoms with E-state index < -0.39 is 0 Å². The number of ketones is 1. The first-order valence-electron chi connectivity index (χ1n) is 12.2. The van der Waals surface area contributed by atoms with E-state index in [0.29, 0.717) is 11.1 Å². The van der Waals surface area contributed by atoms with Crippen LogP contribution in [0.25, 0.3) is 43.8 Å². The molecule has 0 saturated carbocycles. The van der Waals surface area contributed by atoms with E-state index in [-0.39, 0.29) is 11.3 Å². The van der Waals surface area contributed by atoms with Gasteiger partial charge in [0, 0.05) is 52.6 Å². The standard InChI is InChI=1S/C31H23N3O2/c1-3-34-24-13-7-6-11-20(24)28-22(12-8-14-26(28)34)32-23-15-16-25-29-21(17-27(35)33(25)2)18-9-4-5-10-19(18)31(36)30(23)29/h4-17,32H,3H2,1-2H3. The first-order valence-corrected chi connectivity index (χ1v) is 12.2. The van der Waals surface area contributed by atoms with E-state index in [1.807, 2.05) is 36.4 Å². The van der Waals surface area contributed by atoms with Crippen LogP contribution in [-0.4, -0.2) is 14.9 Å². The number of rotatable bonds is 3. The normalized spacial score (nSPS) is 12.4. The van der Waals surface area contributed by atoms with E-state index in [9.17, 15) is 9.59 Å². The van der Waals surface area contributed by atoms with E-state index in [1.165, 1.54) is 10.9 Å². The molecule has 5 nitrogen and oxygen atoms in total. The quantitative estimate of drug-likeness (QED) is 0.316. The molecule has 1 N–H and O–H groups in total. The molecule has 1 aliphatic carbocycles. The average Bonchev–Trinajstić information content (AvgIpc) is 3.24. The zero-order valence-electron chi connectivity index (χ0n) is 20.0. The van der Waals surface area contributed by atoms with Gasteiger partial charge in [0.1, 0.15) is 0 Å². The van der Waals surface area contributed by atoms with Crippen LogP contribution >= 0.6 is 0 Å². The number of nitrogens with one attached hydrogen (secondary N) is 1. The second-order valence-electron chi connectivity index (χ2n) is 9.30. The average molecular weight is 470 g/mol. The van der Waals surface area contributed by atoms with Crippen LogP contribution in [-0.2, 0) is 13.6 Å². The largest absolute Gasteiger partial charge is 0.354 e. The molecular weight excluding hydrogens is 446 g/mol. The molecule has 0 saturated heterocycles. The Labute approximate surface area is 207 Å². The van der Waals surface area contributed by atoms with Gasteiger partial charge in [0.25, 0.3) is 5.56 Å². The summed E-state index contributed by atoms with van der Waals surface area (Å²) in [4.78, 5) is 26.7. The fourth-order valence-corrected chi connectivity index (χ4v) is 5.85. The van der Waals surface area contributed by atoms with Crippen LogP contribution in [0.4, 0.5) is 11.4 Å². The number of hydrogen-bond donors (Lipinski definition) is 1. The lowest BCUT2D eigenvalue weighted by atomic mass is 9.83. The Morgan fingerprint density at radius 2 is 1.44 bits per heavy atom. The number of nitrogens with zero attached hydrogens (tertiary/aromatic N) is 2. The van der Waals surface area contributed by atoms with Crippen LogP contribution in [0.15, 0.2) is 89.7 Å². The molecular formula is C31H23N3O2. The van der Waals surface area contributed by atoms with Gasteiger partial charge in [-0.05, 0) is 48.4 Å². The highest BCUT2D eigenvalue weighted by atomic mass is 16.1. The molecule has 5 heteroatoms. The van der Waals surface area contributed by atoms with Crippen molar-refractivity contribution in [2.75, 3.05) is 5.32 Å². The highest BCUT2D eigenvalue weighted by Gasteiger charge is 2.29. The third kappa shape index (κ3) is 2.65. The molecule has 0 atom stereocenters. The van der Waals surface area contributed by atoms with Gasteiger partial charge in [0.05, 0.1) is 22.3 Å². The molecule has 0 fully saturated rings. The minimum absolute atomic E-state index is 0.0342. The predicted octanol–water partition coefficient (Wildman–Crippen LogP) is 6.62. The second-order valence-corrected chi connectivity index (χ2v) is 9.30. The van der Waals surface area contributed by atoms with Gasteiger partial charge in [0.2, 0.25) is 0 Å². The van der Waals surface area contributed by atoms with Crippen molar-refractivity contribution in [3.05, 3.63) is 106 Å². The predicted molar refractivity (Wildman–Crippen MR) is 146 cm³/mol. The Morgan fingerprint density at radius 3 is 2.28 bits per heavy atom. The van der Waals surface area contributed by atoms with Crippen molar-refractivity contribution >= 4 is 49.9 Å². The third-order valence-corrected chi connectivity index (χ3v) is 7.48. The number of para-hydroxylation sites is 1. The number of pyridine rings is 1. The summed E-state index contributed by atoms with van der Waals surface area (Å²) in [6.45, 7) is 3.02. The van der Waals surface area contributed by atoms with Gasteiger partial charge >= 0.3 is 0 Å². The molecule has 7 rings (SSSR count). The van der Waals surface area contributed by atoms with E-state index >= 15 is 0 Å². The Kier molecular flexibility index (Phi) is 4.27. The molecule has 0 radical (unpaired) electrons. The SMILES string of the molecule is CCn1c2ccccc2c2c(Nc3ccc4c5c(cc(=O)n4C)-c4ccccc4C(=O)c35)cccc21. The van der Waals surface area contributed by atoms with Crippen molar-refractivity contribution < 1.29 is 4.79 Å². The van der Waals surface area contributed by atoms with Crippen molar-refractivity contribution in [1.82, 2.24) is 9.13 Å². The number of carbonyl (C=O) groups is 1. The van der Waals surface area contributed by atoms with Gasteiger partial charge in [-0.2, -0.15) is 0 Å². The van der Waals surface area contributed by atoms with Crippen LogP contribution in [0.1, 0.15) is 22.8 Å². The highest BCUT2D eigenvalue weighted by molar-refractivity contribution is 6.28. The number of hydrogen-bond acceptors (Lipinski definition) is 3. The van der Waals surface area contributed by atoms with Crippen LogP contribution in [0.5, 0.6) is 0 Å². The molecule has 0 spiro atoms. The maximum atomic E-state index is 13.9. The minimum Gasteiger partial charge on any atom is -0.354 e. The van der Waals surface area contributed by atoms with Crippen molar-refractivity contribution in [3.8, 4) is 11.1 Å². The van der Waals surface area contributed by atoms with Crippen LogP contribution < -0.4 is 10.9 Å². The maximum absolute atomic E-state index is 13.9. The van der Waals surface area contributed by atoms with E-state index in [2.05, 4.69) is 59.3 Å². The number of anilines is 2. The molecule has 2 heterocycles. The Bertz CT molecular complexity index is 1960. The zero-order valence-corrected chi connectivity index (χ0v) is 20.0. The Hall–Kier alpha value is -4.64. The van der Waals surface area contributed by atoms with E-state index in [0.717, 1.165) is 50.9 Å². The topological polar surface area (TPSA) is 56.0 Å². The van der Waals surface area contributed by atoms with Crippen LogP contribution in [0, 0.1) is 0 Å². The summed E-state index contributed by atoms with van der Waals surface area (Å²) in [5, 5.41) is 6.74. The molecule has 0 aliphatic heterocycles. The van der Waals surface area contributed by atoms with Crippen molar-refractivity contribution in [2.45, 2.75) is 13.5 Å². The molecule has 2 aromatic heterocycles. The molecule has 36 heavy (non-hydrogen) atoms. The molecule has 0 unspecified atom stereocenters. The minimum atomic E-state index is -0.0922. The summed E-state index contributed by atoms with van der Waals surface area (Å²) < 4.78 is 3.93. The lowest BCUT2D eigenvalue weighted by Crippen LogP contribution is -2.21. The maximum Gasteiger partial charge on any atom is 0.251 e. The number of aryl methyl sites for hydroxylation is 2. The van der Waals surface area contributed by atoms with Gasteiger partial charge < -0.3 is 14.5 Å². The lowest BCUT2D eigenvalue weighted by molar-refractivity contribution is 0.104. The first kappa shape index (κ1) is 20.7. The van der Waals surface area contributed by atoms with E-state index in [4.69, 9.17) is 0 Å². The summed E-state index contributed by atoms with van der Waals surface area (Å²) in [6, 6.07) is 27.7. The Balaban J connectivity index is 1.53. The fourth-order valence-electron chi connectivity index (χ4n) is 5.85. The molecule has 174 valence electrons. The lowest BCUT2D eigenvalue weighted by Gasteiger charge is -2.23.